The molecule has 0 bridgehead atoms. The van der Waals surface area contributed by atoms with E-state index in [2.05, 4.69) is 5.10 Å². The Morgan fingerprint density at radius 3 is 2.63 bits per heavy atom. The lowest BCUT2D eigenvalue weighted by Gasteiger charge is -2.19. The minimum absolute atomic E-state index is 0.209. The Morgan fingerprint density at radius 1 is 1.42 bits per heavy atom. The molecule has 0 atom stereocenters. The molecule has 1 rings (SSSR count). The van der Waals surface area contributed by atoms with E-state index in [0.29, 0.717) is 18.2 Å². The highest BCUT2D eigenvalue weighted by molar-refractivity contribution is 6.31. The second-order valence-corrected chi connectivity index (χ2v) is 4.65. The smallest absolute Gasteiger partial charge is 0.320 e. The molecule has 5 nitrogen and oxygen atoms in total. The van der Waals surface area contributed by atoms with Crippen LogP contribution in [0, 0.1) is 6.92 Å². The molecule has 0 N–H and O–H groups in total. The average molecular weight is 288 g/mol. The van der Waals surface area contributed by atoms with Crippen molar-refractivity contribution in [3.63, 3.8) is 0 Å². The third-order valence-electron chi connectivity index (χ3n) is 2.93. The van der Waals surface area contributed by atoms with Gasteiger partial charge in [0.2, 0.25) is 0 Å². The van der Waals surface area contributed by atoms with Gasteiger partial charge in [-0.15, -0.1) is 0 Å². The van der Waals surface area contributed by atoms with Crippen LogP contribution in [0.15, 0.2) is 0 Å². The van der Waals surface area contributed by atoms with Crippen LogP contribution in [0.5, 0.6) is 0 Å². The van der Waals surface area contributed by atoms with E-state index in [9.17, 15) is 4.79 Å². The van der Waals surface area contributed by atoms with Crippen molar-refractivity contribution in [2.45, 2.75) is 40.8 Å². The van der Waals surface area contributed by atoms with E-state index in [4.69, 9.17) is 16.3 Å². The first-order chi connectivity index (χ1) is 9.03. The van der Waals surface area contributed by atoms with Crippen molar-refractivity contribution in [3.8, 4) is 0 Å². The van der Waals surface area contributed by atoms with Crippen molar-refractivity contribution in [1.82, 2.24) is 14.7 Å². The van der Waals surface area contributed by atoms with Crippen molar-refractivity contribution in [3.05, 3.63) is 16.4 Å². The number of hydrogen-bond acceptors (Lipinski definition) is 4. The number of hydrogen-bond donors (Lipinski definition) is 0. The summed E-state index contributed by atoms with van der Waals surface area (Å²) in [4.78, 5) is 13.5. The lowest BCUT2D eigenvalue weighted by Crippen LogP contribution is -2.31. The molecule has 19 heavy (non-hydrogen) atoms. The molecule has 0 spiro atoms. The number of likely N-dealkylation sites (N-methyl/N-ethyl adjacent to an activating group) is 1. The van der Waals surface area contributed by atoms with Crippen LogP contribution in [-0.2, 0) is 22.6 Å². The summed E-state index contributed by atoms with van der Waals surface area (Å²) in [6.07, 6.45) is 0. The molecule has 0 amide bonds. The number of halogens is 1. The van der Waals surface area contributed by atoms with Gasteiger partial charge < -0.3 is 4.74 Å². The number of nitrogens with zero attached hydrogens (tertiary/aromatic N) is 3. The number of ether oxygens (including phenoxy) is 1. The van der Waals surface area contributed by atoms with Gasteiger partial charge in [0.05, 0.1) is 29.6 Å². The van der Waals surface area contributed by atoms with Gasteiger partial charge in [-0.05, 0) is 27.3 Å². The van der Waals surface area contributed by atoms with Crippen LogP contribution in [-0.4, -0.2) is 40.3 Å². The molecule has 0 aromatic carbocycles. The summed E-state index contributed by atoms with van der Waals surface area (Å²) < 4.78 is 6.85. The van der Waals surface area contributed by atoms with Gasteiger partial charge in [-0.25, -0.2) is 0 Å². The van der Waals surface area contributed by atoms with Gasteiger partial charge in [-0.3, -0.25) is 14.4 Å². The van der Waals surface area contributed by atoms with E-state index in [-0.39, 0.29) is 12.5 Å². The first-order valence-corrected chi connectivity index (χ1v) is 7.00. The first-order valence-electron chi connectivity index (χ1n) is 6.63. The summed E-state index contributed by atoms with van der Waals surface area (Å²) in [7, 11) is 0. The van der Waals surface area contributed by atoms with E-state index in [1.807, 2.05) is 30.4 Å². The fourth-order valence-electron chi connectivity index (χ4n) is 1.90. The van der Waals surface area contributed by atoms with Crippen LogP contribution in [0.3, 0.4) is 0 Å². The molecule has 0 radical (unpaired) electrons. The monoisotopic (exact) mass is 287 g/mol. The second kappa shape index (κ2) is 7.50. The van der Waals surface area contributed by atoms with Gasteiger partial charge >= 0.3 is 5.97 Å². The van der Waals surface area contributed by atoms with Gasteiger partial charge in [-0.2, -0.15) is 5.10 Å². The Bertz CT molecular complexity index is 432. The van der Waals surface area contributed by atoms with E-state index < -0.39 is 0 Å². The predicted octanol–water partition coefficient (Wildman–Crippen LogP) is 2.25. The lowest BCUT2D eigenvalue weighted by molar-refractivity contribution is -0.144. The molecular weight excluding hydrogens is 266 g/mol. The van der Waals surface area contributed by atoms with Crippen LogP contribution in [0.4, 0.5) is 0 Å². The Kier molecular flexibility index (Phi) is 6.31. The topological polar surface area (TPSA) is 47.4 Å². The molecule has 0 unspecified atom stereocenters. The first kappa shape index (κ1) is 16.0. The highest BCUT2D eigenvalue weighted by Crippen LogP contribution is 2.21. The van der Waals surface area contributed by atoms with E-state index >= 15 is 0 Å². The third-order valence-corrected chi connectivity index (χ3v) is 3.42. The van der Waals surface area contributed by atoms with Crippen LogP contribution >= 0.6 is 11.6 Å². The molecule has 0 aliphatic carbocycles. The predicted molar refractivity (Wildman–Crippen MR) is 75.2 cm³/mol. The molecular formula is C13H22ClN3O2. The highest BCUT2D eigenvalue weighted by Gasteiger charge is 2.17. The Labute approximate surface area is 119 Å². The number of esters is 1. The summed E-state index contributed by atoms with van der Waals surface area (Å²) in [5.74, 6) is -0.209. The van der Waals surface area contributed by atoms with Crippen molar-refractivity contribution in [2.75, 3.05) is 19.7 Å². The molecule has 108 valence electrons. The Morgan fingerprint density at radius 2 is 2.11 bits per heavy atom. The zero-order valence-electron chi connectivity index (χ0n) is 12.1. The van der Waals surface area contributed by atoms with Crippen molar-refractivity contribution in [1.29, 1.82) is 0 Å². The maximum atomic E-state index is 11.5. The van der Waals surface area contributed by atoms with Crippen molar-refractivity contribution in [2.24, 2.45) is 0 Å². The summed E-state index contributed by atoms with van der Waals surface area (Å²) >= 11 is 6.27. The summed E-state index contributed by atoms with van der Waals surface area (Å²) in [5, 5.41) is 5.06. The Hall–Kier alpha value is -1.07. The number of aromatic nitrogens is 2. The van der Waals surface area contributed by atoms with Crippen molar-refractivity contribution < 1.29 is 9.53 Å². The van der Waals surface area contributed by atoms with E-state index in [0.717, 1.165) is 24.5 Å². The van der Waals surface area contributed by atoms with Crippen LogP contribution in [0.1, 0.15) is 32.2 Å². The lowest BCUT2D eigenvalue weighted by atomic mass is 10.3. The SMILES string of the molecule is CCOC(=O)CN(CC)Cc1c(Cl)c(C)nn1CC. The molecule has 1 aromatic rings. The zero-order chi connectivity index (χ0) is 14.4. The fraction of sp³-hybridized carbons (Fsp3) is 0.692. The number of carbonyl (C=O) groups excluding carboxylic acids is 1. The Balaban J connectivity index is 2.78. The third kappa shape index (κ3) is 4.21. The van der Waals surface area contributed by atoms with Gasteiger partial charge in [0.1, 0.15) is 0 Å². The van der Waals surface area contributed by atoms with Gasteiger partial charge in [0, 0.05) is 13.1 Å². The fourth-order valence-corrected chi connectivity index (χ4v) is 2.10. The molecule has 0 saturated carbocycles. The standard InChI is InChI=1S/C13H22ClN3O2/c1-5-16(9-12(18)19-7-3)8-11-13(14)10(4)15-17(11)6-2/h5-9H2,1-4H3. The van der Waals surface area contributed by atoms with Crippen LogP contribution in [0.2, 0.25) is 5.02 Å². The quantitative estimate of drug-likeness (QED) is 0.722. The molecule has 0 fully saturated rings. The van der Waals surface area contributed by atoms with Gasteiger partial charge in [-0.1, -0.05) is 18.5 Å². The molecule has 0 aliphatic rings. The number of aryl methyl sites for hydroxylation is 2. The summed E-state index contributed by atoms with van der Waals surface area (Å²) in [5.41, 5.74) is 1.78. The highest BCUT2D eigenvalue weighted by atomic mass is 35.5. The molecule has 1 heterocycles. The van der Waals surface area contributed by atoms with E-state index in [1.54, 1.807) is 6.92 Å². The maximum Gasteiger partial charge on any atom is 0.320 e. The van der Waals surface area contributed by atoms with Crippen LogP contribution in [0.25, 0.3) is 0 Å². The van der Waals surface area contributed by atoms with Gasteiger partial charge in [0.15, 0.2) is 0 Å². The molecule has 1 aromatic heterocycles. The largest absolute Gasteiger partial charge is 0.465 e. The van der Waals surface area contributed by atoms with Crippen LogP contribution < -0.4 is 0 Å². The number of rotatable bonds is 7. The van der Waals surface area contributed by atoms with Gasteiger partial charge in [0.25, 0.3) is 0 Å². The number of carbonyl (C=O) groups is 1. The molecule has 0 saturated heterocycles. The minimum atomic E-state index is -0.209. The van der Waals surface area contributed by atoms with E-state index in [1.165, 1.54) is 0 Å². The molecule has 6 heteroatoms. The maximum absolute atomic E-state index is 11.5. The average Bonchev–Trinajstić information content (AvgIpc) is 2.65. The zero-order valence-corrected chi connectivity index (χ0v) is 12.8. The van der Waals surface area contributed by atoms with Crippen molar-refractivity contribution >= 4 is 17.6 Å². The minimum Gasteiger partial charge on any atom is -0.465 e. The molecule has 0 aliphatic heterocycles. The summed E-state index contributed by atoms with van der Waals surface area (Å²) in [6.45, 7) is 10.5. The second-order valence-electron chi connectivity index (χ2n) is 4.27. The summed E-state index contributed by atoms with van der Waals surface area (Å²) in [6, 6.07) is 0. The normalized spacial score (nSPS) is 11.1.